The van der Waals surface area contributed by atoms with Crippen molar-refractivity contribution in [3.05, 3.63) is 30.2 Å². The van der Waals surface area contributed by atoms with Crippen LogP contribution in [0.25, 0.3) is 0 Å². The normalized spacial score (nSPS) is 22.3. The molecule has 138 valence electrons. The highest BCUT2D eigenvalue weighted by Gasteiger charge is 2.28. The fourth-order valence-corrected chi connectivity index (χ4v) is 3.88. The number of hydrogen-bond donors (Lipinski definition) is 0. The van der Waals surface area contributed by atoms with Crippen molar-refractivity contribution in [2.45, 2.75) is 43.6 Å². The maximum absolute atomic E-state index is 12.4. The van der Waals surface area contributed by atoms with Crippen LogP contribution < -0.4 is 9.47 Å². The summed E-state index contributed by atoms with van der Waals surface area (Å²) >= 11 is 1.27. The van der Waals surface area contributed by atoms with Crippen LogP contribution in [0.1, 0.15) is 38.2 Å². The predicted octanol–water partition coefficient (Wildman–Crippen LogP) is 3.08. The molecule has 1 aromatic carbocycles. The molecule has 8 heteroatoms. The van der Waals surface area contributed by atoms with Gasteiger partial charge in [-0.2, -0.15) is 0 Å². The van der Waals surface area contributed by atoms with Gasteiger partial charge < -0.3 is 18.8 Å². The molecule has 2 aliphatic heterocycles. The summed E-state index contributed by atoms with van der Waals surface area (Å²) < 4.78 is 17.2. The summed E-state index contributed by atoms with van der Waals surface area (Å²) in [5.74, 6) is 2.15. The maximum Gasteiger partial charge on any atom is 0.277 e. The van der Waals surface area contributed by atoms with Crippen LogP contribution >= 0.6 is 11.8 Å². The van der Waals surface area contributed by atoms with Gasteiger partial charge in [0.1, 0.15) is 6.61 Å². The van der Waals surface area contributed by atoms with Gasteiger partial charge in [0.05, 0.1) is 5.75 Å². The van der Waals surface area contributed by atoms with E-state index in [1.54, 1.807) is 0 Å². The van der Waals surface area contributed by atoms with E-state index >= 15 is 0 Å². The van der Waals surface area contributed by atoms with E-state index in [4.69, 9.17) is 13.9 Å². The van der Waals surface area contributed by atoms with Gasteiger partial charge in [0.25, 0.3) is 11.1 Å². The molecule has 1 saturated heterocycles. The lowest BCUT2D eigenvalue weighted by molar-refractivity contribution is -0.131. The number of piperidine rings is 1. The van der Waals surface area contributed by atoms with Gasteiger partial charge in [-0.15, -0.1) is 10.2 Å². The lowest BCUT2D eigenvalue weighted by Crippen LogP contribution is -2.42. The first-order chi connectivity index (χ1) is 12.7. The number of rotatable bonds is 4. The molecule has 2 unspecified atom stereocenters. The number of benzene rings is 1. The van der Waals surface area contributed by atoms with Crippen molar-refractivity contribution in [1.82, 2.24) is 15.1 Å². The SMILES string of the molecule is CC1CCCCN1C(=O)CSc1nnc(C2COc3ccccc3O2)o1. The molecule has 2 atom stereocenters. The summed E-state index contributed by atoms with van der Waals surface area (Å²) in [4.78, 5) is 14.3. The predicted molar refractivity (Wildman–Crippen MR) is 95.4 cm³/mol. The Kier molecular flexibility index (Phi) is 5.01. The van der Waals surface area contributed by atoms with Crippen molar-refractivity contribution < 1.29 is 18.7 Å². The Morgan fingerprint density at radius 3 is 2.96 bits per heavy atom. The smallest absolute Gasteiger partial charge is 0.277 e. The first-order valence-electron chi connectivity index (χ1n) is 8.85. The maximum atomic E-state index is 12.4. The number of ether oxygens (including phenoxy) is 2. The molecule has 0 aliphatic carbocycles. The average molecular weight is 375 g/mol. The highest BCUT2D eigenvalue weighted by Crippen LogP contribution is 2.36. The van der Waals surface area contributed by atoms with E-state index in [-0.39, 0.29) is 5.91 Å². The van der Waals surface area contributed by atoms with E-state index in [1.807, 2.05) is 29.2 Å². The zero-order valence-corrected chi connectivity index (χ0v) is 15.4. The highest BCUT2D eigenvalue weighted by atomic mass is 32.2. The molecule has 0 N–H and O–H groups in total. The molecule has 4 rings (SSSR count). The first-order valence-corrected chi connectivity index (χ1v) is 9.83. The summed E-state index contributed by atoms with van der Waals surface area (Å²) in [7, 11) is 0. The highest BCUT2D eigenvalue weighted by molar-refractivity contribution is 7.99. The Morgan fingerprint density at radius 1 is 1.27 bits per heavy atom. The summed E-state index contributed by atoms with van der Waals surface area (Å²) in [6.07, 6.45) is 2.90. The lowest BCUT2D eigenvalue weighted by Gasteiger charge is -2.33. The molecular weight excluding hydrogens is 354 g/mol. The zero-order chi connectivity index (χ0) is 17.9. The van der Waals surface area contributed by atoms with E-state index in [0.717, 1.165) is 19.4 Å². The van der Waals surface area contributed by atoms with Gasteiger partial charge in [0, 0.05) is 12.6 Å². The van der Waals surface area contributed by atoms with E-state index in [9.17, 15) is 4.79 Å². The second kappa shape index (κ2) is 7.57. The Hall–Kier alpha value is -2.22. The number of carbonyl (C=O) groups excluding carboxylic acids is 1. The average Bonchev–Trinajstić information content (AvgIpc) is 3.15. The lowest BCUT2D eigenvalue weighted by atomic mass is 10.0. The van der Waals surface area contributed by atoms with Crippen LogP contribution in [0.5, 0.6) is 11.5 Å². The van der Waals surface area contributed by atoms with Crippen molar-refractivity contribution >= 4 is 17.7 Å². The summed E-state index contributed by atoms with van der Waals surface area (Å²) in [5, 5.41) is 8.45. The summed E-state index contributed by atoms with van der Waals surface area (Å²) in [6.45, 7) is 3.25. The molecule has 0 bridgehead atoms. The number of para-hydroxylation sites is 2. The van der Waals surface area contributed by atoms with Gasteiger partial charge in [0.15, 0.2) is 11.5 Å². The van der Waals surface area contributed by atoms with Gasteiger partial charge in [-0.1, -0.05) is 23.9 Å². The van der Waals surface area contributed by atoms with Crippen molar-refractivity contribution in [2.24, 2.45) is 0 Å². The second-order valence-electron chi connectivity index (χ2n) is 6.49. The molecule has 3 heterocycles. The fraction of sp³-hybridized carbons (Fsp3) is 0.500. The quantitative estimate of drug-likeness (QED) is 0.760. The number of aromatic nitrogens is 2. The van der Waals surface area contributed by atoms with E-state index in [1.165, 1.54) is 18.2 Å². The number of nitrogens with zero attached hydrogens (tertiary/aromatic N) is 3. The number of likely N-dealkylation sites (tertiary alicyclic amines) is 1. The standard InChI is InChI=1S/C18H21N3O4S/c1-12-6-4-5-9-21(12)16(22)11-26-18-20-19-17(25-18)15-10-23-13-7-2-3-8-14(13)24-15/h2-3,7-8,12,15H,4-6,9-11H2,1H3. The van der Waals surface area contributed by atoms with Gasteiger partial charge in [-0.25, -0.2) is 0 Å². The topological polar surface area (TPSA) is 77.7 Å². The number of fused-ring (bicyclic) bond motifs is 1. The zero-order valence-electron chi connectivity index (χ0n) is 14.6. The third-order valence-corrected chi connectivity index (χ3v) is 5.45. The summed E-state index contributed by atoms with van der Waals surface area (Å²) in [6, 6.07) is 7.78. The van der Waals surface area contributed by atoms with Gasteiger partial charge in [-0.05, 0) is 38.3 Å². The van der Waals surface area contributed by atoms with Crippen molar-refractivity contribution in [3.8, 4) is 11.5 Å². The van der Waals surface area contributed by atoms with Crippen LogP contribution in [0.15, 0.2) is 33.9 Å². The minimum Gasteiger partial charge on any atom is -0.485 e. The van der Waals surface area contributed by atoms with Crippen molar-refractivity contribution in [3.63, 3.8) is 0 Å². The number of thioether (sulfide) groups is 1. The molecule has 7 nitrogen and oxygen atoms in total. The van der Waals surface area contributed by atoms with E-state index in [2.05, 4.69) is 17.1 Å². The van der Waals surface area contributed by atoms with Crippen molar-refractivity contribution in [2.75, 3.05) is 18.9 Å². The van der Waals surface area contributed by atoms with E-state index < -0.39 is 6.10 Å². The molecule has 1 amide bonds. The minimum absolute atomic E-state index is 0.119. The number of carbonyl (C=O) groups is 1. The Bertz CT molecular complexity index is 781. The number of amides is 1. The third-order valence-electron chi connectivity index (χ3n) is 4.65. The molecule has 0 spiro atoms. The van der Waals surface area contributed by atoms with Crippen LogP contribution in [-0.4, -0.2) is 46.0 Å². The Labute approximate surface area is 156 Å². The molecular formula is C18H21N3O4S. The molecule has 0 radical (unpaired) electrons. The van der Waals surface area contributed by atoms with Crippen molar-refractivity contribution in [1.29, 1.82) is 0 Å². The Balaban J connectivity index is 1.34. The number of hydrogen-bond acceptors (Lipinski definition) is 7. The summed E-state index contributed by atoms with van der Waals surface area (Å²) in [5.41, 5.74) is 0. The van der Waals surface area contributed by atoms with Gasteiger partial charge >= 0.3 is 0 Å². The van der Waals surface area contributed by atoms with Gasteiger partial charge in [0.2, 0.25) is 12.0 Å². The van der Waals surface area contributed by atoms with Crippen LogP contribution in [0.4, 0.5) is 0 Å². The molecule has 2 aromatic rings. The molecule has 2 aliphatic rings. The largest absolute Gasteiger partial charge is 0.485 e. The Morgan fingerprint density at radius 2 is 2.12 bits per heavy atom. The molecule has 26 heavy (non-hydrogen) atoms. The monoisotopic (exact) mass is 375 g/mol. The first kappa shape index (κ1) is 17.2. The fourth-order valence-electron chi connectivity index (χ4n) is 3.23. The van der Waals surface area contributed by atoms with Crippen LogP contribution in [0.3, 0.4) is 0 Å². The second-order valence-corrected chi connectivity index (χ2v) is 7.42. The van der Waals surface area contributed by atoms with Gasteiger partial charge in [-0.3, -0.25) is 4.79 Å². The van der Waals surface area contributed by atoms with Crippen LogP contribution in [0.2, 0.25) is 0 Å². The van der Waals surface area contributed by atoms with E-state index in [0.29, 0.717) is 41.0 Å². The molecule has 1 aromatic heterocycles. The van der Waals surface area contributed by atoms with Crippen LogP contribution in [-0.2, 0) is 4.79 Å². The third kappa shape index (κ3) is 3.65. The minimum atomic E-state index is -0.440. The molecule has 1 fully saturated rings. The van der Waals surface area contributed by atoms with Crippen LogP contribution in [0, 0.1) is 0 Å². The molecule has 0 saturated carbocycles.